The van der Waals surface area contributed by atoms with Crippen molar-refractivity contribution in [2.75, 3.05) is 4.90 Å². The third kappa shape index (κ3) is 3.81. The fourth-order valence-electron chi connectivity index (χ4n) is 8.66. The van der Waals surface area contributed by atoms with Gasteiger partial charge < -0.3 is 4.90 Å². The lowest BCUT2D eigenvalue weighted by molar-refractivity contribution is 0.489. The van der Waals surface area contributed by atoms with Gasteiger partial charge in [-0.3, -0.25) is 4.99 Å². The molecular formula is C39H37N3. The van der Waals surface area contributed by atoms with Crippen LogP contribution in [0.25, 0.3) is 11.1 Å². The van der Waals surface area contributed by atoms with Gasteiger partial charge in [-0.15, -0.1) is 0 Å². The van der Waals surface area contributed by atoms with Gasteiger partial charge in [0.25, 0.3) is 0 Å². The van der Waals surface area contributed by atoms with Crippen molar-refractivity contribution in [2.45, 2.75) is 75.8 Å². The van der Waals surface area contributed by atoms with E-state index >= 15 is 0 Å². The summed E-state index contributed by atoms with van der Waals surface area (Å²) in [6, 6.07) is 30.5. The van der Waals surface area contributed by atoms with Crippen LogP contribution in [0.1, 0.15) is 80.5 Å². The van der Waals surface area contributed by atoms with Gasteiger partial charge in [0, 0.05) is 35.0 Å². The highest BCUT2D eigenvalue weighted by molar-refractivity contribution is 5.87. The van der Waals surface area contributed by atoms with E-state index in [2.05, 4.69) is 110 Å². The molecule has 0 amide bonds. The molecule has 3 aliphatic carbocycles. The Labute approximate surface area is 249 Å². The van der Waals surface area contributed by atoms with Gasteiger partial charge in [-0.2, -0.15) is 5.26 Å². The largest absolute Gasteiger partial charge is 0.337 e. The number of anilines is 2. The predicted molar refractivity (Wildman–Crippen MR) is 173 cm³/mol. The van der Waals surface area contributed by atoms with Crippen molar-refractivity contribution >= 4 is 28.7 Å². The molecule has 0 N–H and O–H groups in total. The quantitative estimate of drug-likeness (QED) is 0.328. The minimum Gasteiger partial charge on any atom is -0.337 e. The number of benzene rings is 3. The fraction of sp³-hybridized carbons (Fsp3) is 0.333. The molecule has 0 bridgehead atoms. The zero-order valence-corrected chi connectivity index (χ0v) is 24.6. The van der Waals surface area contributed by atoms with Crippen LogP contribution < -0.4 is 4.90 Å². The Hall–Kier alpha value is -4.16. The molecule has 0 saturated carbocycles. The highest BCUT2D eigenvalue weighted by atomic mass is 15.2. The molecule has 5 aliphatic rings. The Morgan fingerprint density at radius 2 is 1.79 bits per heavy atom. The number of fused-ring (bicyclic) bond motifs is 6. The van der Waals surface area contributed by atoms with E-state index in [0.29, 0.717) is 12.0 Å². The van der Waals surface area contributed by atoms with Crippen molar-refractivity contribution in [3.8, 4) is 6.07 Å². The molecule has 0 aromatic heterocycles. The lowest BCUT2D eigenvalue weighted by Gasteiger charge is -2.39. The maximum Gasteiger partial charge on any atom is 0.0812 e. The van der Waals surface area contributed by atoms with E-state index in [1.54, 1.807) is 11.1 Å². The Kier molecular flexibility index (Phi) is 5.90. The van der Waals surface area contributed by atoms with E-state index < -0.39 is 0 Å². The highest BCUT2D eigenvalue weighted by Crippen LogP contribution is 2.62. The summed E-state index contributed by atoms with van der Waals surface area (Å²) in [4.78, 5) is 7.43. The minimum atomic E-state index is -0.0339. The average molecular weight is 548 g/mol. The van der Waals surface area contributed by atoms with Gasteiger partial charge in [-0.05, 0) is 101 Å². The summed E-state index contributed by atoms with van der Waals surface area (Å²) in [5, 5.41) is 9.26. The number of aliphatic imine (C=N–C) groups is 1. The van der Waals surface area contributed by atoms with Crippen LogP contribution in [0.4, 0.5) is 11.4 Å². The standard InChI is InChI=1S/C39H37N3/c1-39(2)33-15-5-3-13-30(33)31-18-20-36-37(38(31)39)32-14-4-6-16-35(32)42(36)29-12-8-10-27(22-29)26-9-7-11-28(21-26)34-19-17-25(23-40)24-41-34/h3-6,8,10-16,21-22,24-25,34,36-37H,7,9,17-20H2,1-2H3. The third-order valence-corrected chi connectivity index (χ3v) is 10.6. The topological polar surface area (TPSA) is 39.4 Å². The van der Waals surface area contributed by atoms with Crippen molar-refractivity contribution in [1.82, 2.24) is 0 Å². The lowest BCUT2D eigenvalue weighted by atomic mass is 9.69. The second kappa shape index (κ2) is 9.70. The van der Waals surface area contributed by atoms with Crippen LogP contribution in [-0.2, 0) is 5.41 Å². The first kappa shape index (κ1) is 25.5. The molecule has 3 aromatic rings. The first-order valence-electron chi connectivity index (χ1n) is 15.7. The molecular weight excluding hydrogens is 510 g/mol. The Morgan fingerprint density at radius 3 is 2.64 bits per heavy atom. The van der Waals surface area contributed by atoms with Crippen LogP contribution in [0.5, 0.6) is 0 Å². The van der Waals surface area contributed by atoms with Gasteiger partial charge in [0.15, 0.2) is 0 Å². The van der Waals surface area contributed by atoms with Crippen LogP contribution in [0.2, 0.25) is 0 Å². The third-order valence-electron chi connectivity index (χ3n) is 10.6. The van der Waals surface area contributed by atoms with E-state index in [4.69, 9.17) is 4.99 Å². The summed E-state index contributed by atoms with van der Waals surface area (Å²) in [5.41, 5.74) is 14.4. The van der Waals surface area contributed by atoms with E-state index in [-0.39, 0.29) is 17.4 Å². The number of nitrogens with zero attached hydrogens (tertiary/aromatic N) is 3. The number of allylic oxidation sites excluding steroid dienone is 3. The van der Waals surface area contributed by atoms with Crippen molar-refractivity contribution in [3.05, 3.63) is 118 Å². The van der Waals surface area contributed by atoms with Crippen molar-refractivity contribution in [3.63, 3.8) is 0 Å². The van der Waals surface area contributed by atoms with Crippen molar-refractivity contribution < 1.29 is 0 Å². The number of nitriles is 1. The van der Waals surface area contributed by atoms with Crippen molar-refractivity contribution in [1.29, 1.82) is 5.26 Å². The molecule has 2 aliphatic heterocycles. The summed E-state index contributed by atoms with van der Waals surface area (Å²) in [6.07, 6.45) is 12.9. The van der Waals surface area contributed by atoms with Gasteiger partial charge in [-0.25, -0.2) is 0 Å². The summed E-state index contributed by atoms with van der Waals surface area (Å²) in [7, 11) is 0. The molecule has 0 saturated heterocycles. The smallest absolute Gasteiger partial charge is 0.0812 e. The lowest BCUT2D eigenvalue weighted by Crippen LogP contribution is -2.36. The molecule has 42 heavy (non-hydrogen) atoms. The minimum absolute atomic E-state index is 0.0325. The zero-order chi connectivity index (χ0) is 28.4. The molecule has 3 nitrogen and oxygen atoms in total. The number of hydrogen-bond acceptors (Lipinski definition) is 3. The van der Waals surface area contributed by atoms with Gasteiger partial charge in [-0.1, -0.05) is 80.6 Å². The SMILES string of the molecule is CC1(C)C2=C(CCC3C2c2ccccc2N3c2cccc(C3=CC(C4CCC(C#N)C=N4)=CCC3)c2)c2ccccc21. The maximum absolute atomic E-state index is 9.26. The van der Waals surface area contributed by atoms with E-state index in [1.165, 1.54) is 44.8 Å². The number of hydrogen-bond donors (Lipinski definition) is 0. The zero-order valence-electron chi connectivity index (χ0n) is 24.6. The van der Waals surface area contributed by atoms with Crippen LogP contribution in [0.3, 0.4) is 0 Å². The Balaban J connectivity index is 1.16. The van der Waals surface area contributed by atoms with Crippen LogP contribution in [0, 0.1) is 17.2 Å². The van der Waals surface area contributed by atoms with E-state index in [1.807, 2.05) is 6.21 Å². The normalized spacial score (nSPS) is 26.9. The molecule has 3 aromatic carbocycles. The molecule has 0 spiro atoms. The Morgan fingerprint density at radius 1 is 0.929 bits per heavy atom. The van der Waals surface area contributed by atoms with Gasteiger partial charge in [0.05, 0.1) is 18.0 Å². The second-order valence-electron chi connectivity index (χ2n) is 13.2. The monoisotopic (exact) mass is 547 g/mol. The first-order chi connectivity index (χ1) is 20.5. The molecule has 8 rings (SSSR count). The van der Waals surface area contributed by atoms with E-state index in [0.717, 1.165) is 38.5 Å². The number of rotatable bonds is 3. The molecule has 0 fully saturated rings. The molecule has 208 valence electrons. The average Bonchev–Trinajstić information content (AvgIpc) is 3.50. The van der Waals surface area contributed by atoms with Gasteiger partial charge >= 0.3 is 0 Å². The molecule has 0 radical (unpaired) electrons. The van der Waals surface area contributed by atoms with Crippen LogP contribution >= 0.6 is 0 Å². The molecule has 4 atom stereocenters. The van der Waals surface area contributed by atoms with Crippen LogP contribution in [0.15, 0.2) is 101 Å². The van der Waals surface area contributed by atoms with Crippen LogP contribution in [-0.4, -0.2) is 18.3 Å². The Bertz CT molecular complexity index is 1760. The molecule has 3 heteroatoms. The summed E-state index contributed by atoms with van der Waals surface area (Å²) < 4.78 is 0. The fourth-order valence-corrected chi connectivity index (χ4v) is 8.66. The summed E-state index contributed by atoms with van der Waals surface area (Å²) in [6.45, 7) is 4.89. The molecule has 4 unspecified atom stereocenters. The summed E-state index contributed by atoms with van der Waals surface area (Å²) >= 11 is 0. The van der Waals surface area contributed by atoms with E-state index in [9.17, 15) is 5.26 Å². The predicted octanol–water partition coefficient (Wildman–Crippen LogP) is 9.31. The van der Waals surface area contributed by atoms with Gasteiger partial charge in [0.2, 0.25) is 0 Å². The molecule has 2 heterocycles. The van der Waals surface area contributed by atoms with Crippen molar-refractivity contribution in [2.24, 2.45) is 10.9 Å². The highest BCUT2D eigenvalue weighted by Gasteiger charge is 2.51. The summed E-state index contributed by atoms with van der Waals surface area (Å²) in [5.74, 6) is 0.370. The number of para-hydroxylation sites is 1. The second-order valence-corrected chi connectivity index (χ2v) is 13.2. The maximum atomic E-state index is 9.26. The first-order valence-corrected chi connectivity index (χ1v) is 15.7. The van der Waals surface area contributed by atoms with Gasteiger partial charge in [0.1, 0.15) is 0 Å².